The number of carbonyl (C=O) groups is 1. The molecule has 0 saturated carbocycles. The van der Waals surface area contributed by atoms with Gasteiger partial charge in [0.05, 0.1) is 13.7 Å². The molecule has 0 N–H and O–H groups in total. The standard InChI is InChI=1S/C16H18O3S/c1-3-19-16(17)11-9-14-8-10-15(20-14)12-4-6-13(18-2)7-5-12/h4,6-12H,3,5H2,1-2H3/b11-9+. The molecule has 106 valence electrons. The van der Waals surface area contributed by atoms with Crippen molar-refractivity contribution in [3.8, 4) is 0 Å². The van der Waals surface area contributed by atoms with Gasteiger partial charge in [-0.2, -0.15) is 0 Å². The van der Waals surface area contributed by atoms with Gasteiger partial charge in [0.2, 0.25) is 0 Å². The lowest BCUT2D eigenvalue weighted by atomic mass is 9.98. The van der Waals surface area contributed by atoms with Gasteiger partial charge in [0.1, 0.15) is 5.76 Å². The van der Waals surface area contributed by atoms with Crippen LogP contribution in [0.15, 0.2) is 42.2 Å². The van der Waals surface area contributed by atoms with Crippen LogP contribution in [0.2, 0.25) is 0 Å². The van der Waals surface area contributed by atoms with Gasteiger partial charge in [-0.3, -0.25) is 0 Å². The van der Waals surface area contributed by atoms with E-state index in [0.717, 1.165) is 17.1 Å². The van der Waals surface area contributed by atoms with Crippen LogP contribution < -0.4 is 0 Å². The minimum absolute atomic E-state index is 0.298. The van der Waals surface area contributed by atoms with Gasteiger partial charge in [-0.15, -0.1) is 11.3 Å². The zero-order valence-corrected chi connectivity index (χ0v) is 12.5. The van der Waals surface area contributed by atoms with Crippen molar-refractivity contribution in [3.05, 3.63) is 52.0 Å². The van der Waals surface area contributed by atoms with Crippen LogP contribution in [0.3, 0.4) is 0 Å². The predicted octanol–water partition coefficient (Wildman–Crippen LogP) is 3.90. The van der Waals surface area contributed by atoms with E-state index in [9.17, 15) is 4.79 Å². The minimum Gasteiger partial charge on any atom is -0.497 e. The predicted molar refractivity (Wildman–Crippen MR) is 81.6 cm³/mol. The molecule has 2 rings (SSSR count). The van der Waals surface area contributed by atoms with E-state index >= 15 is 0 Å². The quantitative estimate of drug-likeness (QED) is 0.609. The summed E-state index contributed by atoms with van der Waals surface area (Å²) in [5, 5.41) is 0. The number of rotatable bonds is 5. The molecule has 3 nitrogen and oxygen atoms in total. The first-order valence-corrected chi connectivity index (χ1v) is 7.41. The highest BCUT2D eigenvalue weighted by molar-refractivity contribution is 7.13. The second-order valence-electron chi connectivity index (χ2n) is 4.34. The largest absolute Gasteiger partial charge is 0.497 e. The molecule has 0 spiro atoms. The van der Waals surface area contributed by atoms with E-state index < -0.39 is 0 Å². The van der Waals surface area contributed by atoms with Crippen LogP contribution >= 0.6 is 11.3 Å². The van der Waals surface area contributed by atoms with Crippen molar-refractivity contribution in [1.29, 1.82) is 0 Å². The number of methoxy groups -OCH3 is 1. The molecule has 0 fully saturated rings. The molecular formula is C16H18O3S. The first-order valence-electron chi connectivity index (χ1n) is 6.60. The van der Waals surface area contributed by atoms with Crippen molar-refractivity contribution in [3.63, 3.8) is 0 Å². The van der Waals surface area contributed by atoms with E-state index in [1.165, 1.54) is 11.0 Å². The van der Waals surface area contributed by atoms with E-state index in [4.69, 9.17) is 9.47 Å². The lowest BCUT2D eigenvalue weighted by Crippen LogP contribution is -1.98. The molecule has 0 aliphatic heterocycles. The summed E-state index contributed by atoms with van der Waals surface area (Å²) in [6.45, 7) is 2.20. The second-order valence-corrected chi connectivity index (χ2v) is 5.48. The Kier molecular flexibility index (Phi) is 5.18. The Labute approximate surface area is 123 Å². The average molecular weight is 290 g/mol. The third-order valence-electron chi connectivity index (χ3n) is 2.98. The SMILES string of the molecule is CCOC(=O)/C=C/c1ccc(C2C=CC(OC)=CC2)s1. The summed E-state index contributed by atoms with van der Waals surface area (Å²) in [4.78, 5) is 13.6. The fourth-order valence-corrected chi connectivity index (χ4v) is 2.97. The van der Waals surface area contributed by atoms with E-state index in [2.05, 4.69) is 18.2 Å². The summed E-state index contributed by atoms with van der Waals surface area (Å²) >= 11 is 1.69. The Morgan fingerprint density at radius 2 is 2.35 bits per heavy atom. The summed E-state index contributed by atoms with van der Waals surface area (Å²) in [7, 11) is 1.68. The van der Waals surface area contributed by atoms with Crippen molar-refractivity contribution in [2.75, 3.05) is 13.7 Å². The molecule has 0 saturated heterocycles. The highest BCUT2D eigenvalue weighted by Crippen LogP contribution is 2.32. The van der Waals surface area contributed by atoms with Crippen LogP contribution in [0.5, 0.6) is 0 Å². The number of ether oxygens (including phenoxy) is 2. The molecule has 1 atom stereocenters. The van der Waals surface area contributed by atoms with Gasteiger partial charge in [-0.25, -0.2) is 4.79 Å². The summed E-state index contributed by atoms with van der Waals surface area (Å²) in [5.41, 5.74) is 0. The van der Waals surface area contributed by atoms with Crippen molar-refractivity contribution in [2.24, 2.45) is 0 Å². The highest BCUT2D eigenvalue weighted by atomic mass is 32.1. The van der Waals surface area contributed by atoms with E-state index in [1.54, 1.807) is 31.4 Å². The Morgan fingerprint density at radius 3 is 3.00 bits per heavy atom. The zero-order valence-electron chi connectivity index (χ0n) is 11.7. The molecule has 1 unspecified atom stereocenters. The van der Waals surface area contributed by atoms with Crippen molar-refractivity contribution in [2.45, 2.75) is 19.3 Å². The van der Waals surface area contributed by atoms with Gasteiger partial charge in [0.15, 0.2) is 0 Å². The van der Waals surface area contributed by atoms with Crippen LogP contribution in [0.25, 0.3) is 6.08 Å². The van der Waals surface area contributed by atoms with Gasteiger partial charge in [0.25, 0.3) is 0 Å². The molecule has 4 heteroatoms. The summed E-state index contributed by atoms with van der Waals surface area (Å²) in [6, 6.07) is 4.13. The number of esters is 1. The molecule has 1 aromatic heterocycles. The third kappa shape index (κ3) is 3.84. The molecule has 0 amide bonds. The van der Waals surface area contributed by atoms with Crippen molar-refractivity contribution >= 4 is 23.4 Å². The van der Waals surface area contributed by atoms with E-state index in [-0.39, 0.29) is 5.97 Å². The van der Waals surface area contributed by atoms with Gasteiger partial charge >= 0.3 is 5.97 Å². The lowest BCUT2D eigenvalue weighted by Gasteiger charge is -2.13. The fourth-order valence-electron chi connectivity index (χ4n) is 1.96. The molecule has 0 bridgehead atoms. The number of carbonyl (C=O) groups excluding carboxylic acids is 1. The number of thiophene rings is 1. The fraction of sp³-hybridized carbons (Fsp3) is 0.312. The van der Waals surface area contributed by atoms with Gasteiger partial charge < -0.3 is 9.47 Å². The monoisotopic (exact) mass is 290 g/mol. The smallest absolute Gasteiger partial charge is 0.330 e. The maximum Gasteiger partial charge on any atom is 0.330 e. The Hall–Kier alpha value is -1.81. The number of hydrogen-bond acceptors (Lipinski definition) is 4. The highest BCUT2D eigenvalue weighted by Gasteiger charge is 2.13. The van der Waals surface area contributed by atoms with Crippen LogP contribution in [0, 0.1) is 0 Å². The molecule has 20 heavy (non-hydrogen) atoms. The normalized spacial score (nSPS) is 18.1. The lowest BCUT2D eigenvalue weighted by molar-refractivity contribution is -0.137. The van der Waals surface area contributed by atoms with Crippen molar-refractivity contribution in [1.82, 2.24) is 0 Å². The van der Waals surface area contributed by atoms with Gasteiger partial charge in [0, 0.05) is 21.7 Å². The number of allylic oxidation sites excluding steroid dienone is 3. The first-order chi connectivity index (χ1) is 9.72. The van der Waals surface area contributed by atoms with Crippen LogP contribution in [0.1, 0.15) is 29.0 Å². The molecule has 0 aromatic carbocycles. The third-order valence-corrected chi connectivity index (χ3v) is 4.17. The minimum atomic E-state index is -0.298. The molecule has 1 aromatic rings. The van der Waals surface area contributed by atoms with Crippen LogP contribution in [-0.2, 0) is 14.3 Å². The molecular weight excluding hydrogens is 272 g/mol. The summed E-state index contributed by atoms with van der Waals surface area (Å²) in [5.74, 6) is 1.01. The van der Waals surface area contributed by atoms with Gasteiger partial charge in [-0.05, 0) is 43.7 Å². The molecule has 1 heterocycles. The van der Waals surface area contributed by atoms with Crippen molar-refractivity contribution < 1.29 is 14.3 Å². The Bertz CT molecular complexity index is 552. The van der Waals surface area contributed by atoms with E-state index in [1.807, 2.05) is 12.1 Å². The topological polar surface area (TPSA) is 35.5 Å². The Morgan fingerprint density at radius 1 is 1.50 bits per heavy atom. The Balaban J connectivity index is 1.98. The summed E-state index contributed by atoms with van der Waals surface area (Å²) < 4.78 is 10.0. The van der Waals surface area contributed by atoms with Crippen LogP contribution in [0.4, 0.5) is 0 Å². The molecule has 0 radical (unpaired) electrons. The maximum absolute atomic E-state index is 11.3. The van der Waals surface area contributed by atoms with Gasteiger partial charge in [-0.1, -0.05) is 6.08 Å². The molecule has 1 aliphatic carbocycles. The zero-order chi connectivity index (χ0) is 14.4. The maximum atomic E-state index is 11.3. The number of hydrogen-bond donors (Lipinski definition) is 0. The van der Waals surface area contributed by atoms with Crippen LogP contribution in [-0.4, -0.2) is 19.7 Å². The second kappa shape index (κ2) is 7.10. The molecule has 1 aliphatic rings. The average Bonchev–Trinajstić information content (AvgIpc) is 2.94. The first kappa shape index (κ1) is 14.6. The van der Waals surface area contributed by atoms with E-state index in [0.29, 0.717) is 12.5 Å². The summed E-state index contributed by atoms with van der Waals surface area (Å²) in [6.07, 6.45) is 10.5.